The lowest BCUT2D eigenvalue weighted by atomic mass is 9.83. The van der Waals surface area contributed by atoms with E-state index >= 15 is 0 Å². The molecule has 3 aromatic rings. The molecule has 1 saturated heterocycles. The zero-order chi connectivity index (χ0) is 18.1. The van der Waals surface area contributed by atoms with Gasteiger partial charge < -0.3 is 0 Å². The number of anilines is 1. The zero-order valence-corrected chi connectivity index (χ0v) is 14.5. The van der Waals surface area contributed by atoms with Gasteiger partial charge in [-0.15, -0.1) is 0 Å². The molecule has 0 saturated carbocycles. The van der Waals surface area contributed by atoms with Crippen LogP contribution in [0, 0.1) is 6.92 Å². The minimum atomic E-state index is -0.508. The molecule has 4 rings (SSSR count). The largest absolute Gasteiger partial charge is 0.273 e. The SMILES string of the molecule is Cc1cccc(N2C(=O)C(c3ccccc3)C(c3ccccc3)C2=O)c1. The molecule has 26 heavy (non-hydrogen) atoms. The van der Waals surface area contributed by atoms with Crippen LogP contribution >= 0.6 is 0 Å². The van der Waals surface area contributed by atoms with E-state index in [2.05, 4.69) is 0 Å². The van der Waals surface area contributed by atoms with Crippen LogP contribution < -0.4 is 4.90 Å². The third kappa shape index (κ3) is 2.72. The molecular formula is C23H19NO2. The zero-order valence-electron chi connectivity index (χ0n) is 14.5. The van der Waals surface area contributed by atoms with E-state index in [9.17, 15) is 9.59 Å². The third-order valence-corrected chi connectivity index (χ3v) is 4.88. The topological polar surface area (TPSA) is 37.4 Å². The van der Waals surface area contributed by atoms with E-state index in [-0.39, 0.29) is 11.8 Å². The Morgan fingerprint density at radius 3 is 1.62 bits per heavy atom. The minimum absolute atomic E-state index is 0.166. The van der Waals surface area contributed by atoms with Gasteiger partial charge in [0.1, 0.15) is 0 Å². The normalized spacial score (nSPS) is 19.8. The summed E-state index contributed by atoms with van der Waals surface area (Å²) in [7, 11) is 0. The molecule has 2 atom stereocenters. The van der Waals surface area contributed by atoms with Crippen molar-refractivity contribution in [1.82, 2.24) is 0 Å². The van der Waals surface area contributed by atoms with Crippen LogP contribution in [0.4, 0.5) is 5.69 Å². The standard InChI is InChI=1S/C23H19NO2/c1-16-9-8-14-19(15-16)24-22(25)20(17-10-4-2-5-11-17)21(23(24)26)18-12-6-3-7-13-18/h2-15,20-21H,1H3. The summed E-state index contributed by atoms with van der Waals surface area (Å²) in [6.45, 7) is 1.96. The van der Waals surface area contributed by atoms with Crippen molar-refractivity contribution in [2.75, 3.05) is 4.90 Å². The first-order chi connectivity index (χ1) is 12.7. The van der Waals surface area contributed by atoms with Gasteiger partial charge in [-0.05, 0) is 35.7 Å². The Labute approximate surface area is 152 Å². The van der Waals surface area contributed by atoms with Crippen molar-refractivity contribution in [3.63, 3.8) is 0 Å². The molecule has 0 bridgehead atoms. The highest BCUT2D eigenvalue weighted by atomic mass is 16.2. The number of carbonyl (C=O) groups is 2. The summed E-state index contributed by atoms with van der Waals surface area (Å²) in [4.78, 5) is 28.0. The highest BCUT2D eigenvalue weighted by Gasteiger charge is 2.49. The molecule has 0 aliphatic carbocycles. The Morgan fingerprint density at radius 2 is 1.15 bits per heavy atom. The molecule has 1 heterocycles. The lowest BCUT2D eigenvalue weighted by Crippen LogP contribution is -2.30. The number of amides is 2. The van der Waals surface area contributed by atoms with E-state index in [4.69, 9.17) is 0 Å². The van der Waals surface area contributed by atoms with Crippen LogP contribution in [0.5, 0.6) is 0 Å². The summed E-state index contributed by atoms with van der Waals surface area (Å²) in [6.07, 6.45) is 0. The van der Waals surface area contributed by atoms with E-state index in [1.54, 1.807) is 0 Å². The second kappa shape index (κ2) is 6.60. The molecule has 1 aliphatic heterocycles. The first-order valence-corrected chi connectivity index (χ1v) is 8.71. The maximum absolute atomic E-state index is 13.3. The van der Waals surface area contributed by atoms with Gasteiger partial charge in [0.25, 0.3) is 0 Å². The fourth-order valence-corrected chi connectivity index (χ4v) is 3.68. The molecule has 1 fully saturated rings. The highest BCUT2D eigenvalue weighted by molar-refractivity contribution is 6.25. The van der Waals surface area contributed by atoms with Crippen molar-refractivity contribution in [1.29, 1.82) is 0 Å². The van der Waals surface area contributed by atoms with Crippen LogP contribution in [-0.4, -0.2) is 11.8 Å². The van der Waals surface area contributed by atoms with Crippen molar-refractivity contribution >= 4 is 17.5 Å². The van der Waals surface area contributed by atoms with Crippen LogP contribution in [0.25, 0.3) is 0 Å². The Balaban J connectivity index is 1.85. The first-order valence-electron chi connectivity index (χ1n) is 8.71. The monoisotopic (exact) mass is 341 g/mol. The van der Waals surface area contributed by atoms with E-state index in [0.717, 1.165) is 16.7 Å². The number of carbonyl (C=O) groups excluding carboxylic acids is 2. The number of hydrogen-bond donors (Lipinski definition) is 0. The van der Waals surface area contributed by atoms with Crippen LogP contribution in [0.3, 0.4) is 0 Å². The number of imide groups is 1. The minimum Gasteiger partial charge on any atom is -0.273 e. The van der Waals surface area contributed by atoms with Gasteiger partial charge in [0, 0.05) is 0 Å². The molecule has 3 aromatic carbocycles. The highest BCUT2D eigenvalue weighted by Crippen LogP contribution is 2.43. The Morgan fingerprint density at radius 1 is 0.654 bits per heavy atom. The van der Waals surface area contributed by atoms with Crippen molar-refractivity contribution in [3.8, 4) is 0 Å². The molecule has 2 unspecified atom stereocenters. The molecule has 0 N–H and O–H groups in total. The van der Waals surface area contributed by atoms with Gasteiger partial charge in [0.15, 0.2) is 0 Å². The molecule has 0 aromatic heterocycles. The smallest absolute Gasteiger partial charge is 0.242 e. The Hall–Kier alpha value is -3.20. The summed E-state index contributed by atoms with van der Waals surface area (Å²) < 4.78 is 0. The summed E-state index contributed by atoms with van der Waals surface area (Å²) in [5.41, 5.74) is 3.39. The van der Waals surface area contributed by atoms with E-state index < -0.39 is 11.8 Å². The number of rotatable bonds is 3. The summed E-state index contributed by atoms with van der Waals surface area (Å²) >= 11 is 0. The summed E-state index contributed by atoms with van der Waals surface area (Å²) in [6, 6.07) is 26.7. The second-order valence-electron chi connectivity index (χ2n) is 6.63. The third-order valence-electron chi connectivity index (χ3n) is 4.88. The molecule has 0 spiro atoms. The van der Waals surface area contributed by atoms with E-state index in [1.165, 1.54) is 4.90 Å². The molecule has 3 nitrogen and oxygen atoms in total. The van der Waals surface area contributed by atoms with Crippen LogP contribution in [0.15, 0.2) is 84.9 Å². The van der Waals surface area contributed by atoms with Gasteiger partial charge in [-0.3, -0.25) is 9.59 Å². The lowest BCUT2D eigenvalue weighted by molar-refractivity contribution is -0.121. The number of aryl methyl sites for hydroxylation is 1. The summed E-state index contributed by atoms with van der Waals surface area (Å²) in [5.74, 6) is -1.35. The fraction of sp³-hybridized carbons (Fsp3) is 0.130. The predicted molar refractivity (Wildman–Crippen MR) is 102 cm³/mol. The second-order valence-corrected chi connectivity index (χ2v) is 6.63. The van der Waals surface area contributed by atoms with Crippen molar-refractivity contribution in [2.24, 2.45) is 0 Å². The van der Waals surface area contributed by atoms with Gasteiger partial charge in [-0.2, -0.15) is 0 Å². The van der Waals surface area contributed by atoms with Gasteiger partial charge in [0.2, 0.25) is 11.8 Å². The average Bonchev–Trinajstić information content (AvgIpc) is 2.93. The molecule has 1 aliphatic rings. The maximum Gasteiger partial charge on any atom is 0.242 e. The predicted octanol–water partition coefficient (Wildman–Crippen LogP) is 4.44. The number of nitrogens with zero attached hydrogens (tertiary/aromatic N) is 1. The summed E-state index contributed by atoms with van der Waals surface area (Å²) in [5, 5.41) is 0. The molecule has 128 valence electrons. The van der Waals surface area contributed by atoms with E-state index in [0.29, 0.717) is 5.69 Å². The number of hydrogen-bond acceptors (Lipinski definition) is 2. The lowest BCUT2D eigenvalue weighted by Gasteiger charge is -2.15. The van der Waals surface area contributed by atoms with Crippen molar-refractivity contribution < 1.29 is 9.59 Å². The van der Waals surface area contributed by atoms with Crippen molar-refractivity contribution in [2.45, 2.75) is 18.8 Å². The van der Waals surface area contributed by atoms with Crippen LogP contribution in [0.2, 0.25) is 0 Å². The first kappa shape index (κ1) is 16.3. The average molecular weight is 341 g/mol. The van der Waals surface area contributed by atoms with Crippen LogP contribution in [0.1, 0.15) is 28.5 Å². The van der Waals surface area contributed by atoms with Gasteiger partial charge in [-0.1, -0.05) is 72.8 Å². The van der Waals surface area contributed by atoms with Gasteiger partial charge >= 0.3 is 0 Å². The molecule has 2 amide bonds. The van der Waals surface area contributed by atoms with Crippen LogP contribution in [-0.2, 0) is 9.59 Å². The molecule has 0 radical (unpaired) electrons. The molecule has 3 heteroatoms. The Kier molecular flexibility index (Phi) is 4.13. The molecular weight excluding hydrogens is 322 g/mol. The maximum atomic E-state index is 13.3. The number of benzene rings is 3. The van der Waals surface area contributed by atoms with E-state index in [1.807, 2.05) is 91.9 Å². The fourth-order valence-electron chi connectivity index (χ4n) is 3.68. The van der Waals surface area contributed by atoms with Gasteiger partial charge in [-0.25, -0.2) is 4.90 Å². The van der Waals surface area contributed by atoms with Crippen molar-refractivity contribution in [3.05, 3.63) is 102 Å². The quantitative estimate of drug-likeness (QED) is 0.661. The Bertz CT molecular complexity index is 893. The van der Waals surface area contributed by atoms with Gasteiger partial charge in [0.05, 0.1) is 17.5 Å².